The van der Waals surface area contributed by atoms with E-state index in [1.165, 1.54) is 0 Å². The maximum absolute atomic E-state index is 12.4. The first-order valence-corrected chi connectivity index (χ1v) is 8.27. The van der Waals surface area contributed by atoms with E-state index < -0.39 is 0 Å². The first-order valence-electron chi connectivity index (χ1n) is 8.27. The predicted octanol–water partition coefficient (Wildman–Crippen LogP) is 2.50. The highest BCUT2D eigenvalue weighted by molar-refractivity contribution is 5.96. The molecule has 0 N–H and O–H groups in total. The number of aromatic nitrogens is 6. The molecule has 0 aliphatic heterocycles. The number of Topliss-reactive ketones (excluding diaryl/α,β-unsaturated/α-hetero) is 1. The summed E-state index contributed by atoms with van der Waals surface area (Å²) >= 11 is 0. The maximum Gasteiger partial charge on any atom is 0.173 e. The van der Waals surface area contributed by atoms with Crippen LogP contribution in [0.15, 0.2) is 43.0 Å². The van der Waals surface area contributed by atoms with Crippen molar-refractivity contribution in [3.63, 3.8) is 0 Å². The first kappa shape index (κ1) is 16.1. The van der Waals surface area contributed by atoms with Crippen molar-refractivity contribution in [2.75, 3.05) is 0 Å². The second kappa shape index (κ2) is 6.18. The summed E-state index contributed by atoms with van der Waals surface area (Å²) < 4.78 is 3.64. The van der Waals surface area contributed by atoms with Crippen molar-refractivity contribution in [3.8, 4) is 11.3 Å². The summed E-state index contributed by atoms with van der Waals surface area (Å²) in [5.41, 5.74) is 3.43. The minimum absolute atomic E-state index is 0.0455. The molecular weight excluding hydrogens is 328 g/mol. The van der Waals surface area contributed by atoms with E-state index in [0.717, 1.165) is 28.0 Å². The molecule has 7 heteroatoms. The molecule has 0 amide bonds. The van der Waals surface area contributed by atoms with Gasteiger partial charge in [0.15, 0.2) is 5.78 Å². The third kappa shape index (κ3) is 2.88. The highest BCUT2D eigenvalue weighted by Gasteiger charge is 2.12. The molecule has 0 saturated carbocycles. The summed E-state index contributed by atoms with van der Waals surface area (Å²) in [5.74, 6) is 1.41. The zero-order chi connectivity index (χ0) is 18.3. The Bertz CT molecular complexity index is 1120. The molecule has 0 aliphatic carbocycles. The number of hydrogen-bond acceptors (Lipinski definition) is 5. The largest absolute Gasteiger partial charge is 0.331 e. The zero-order valence-corrected chi connectivity index (χ0v) is 14.8. The van der Waals surface area contributed by atoms with Crippen LogP contribution in [0.2, 0.25) is 0 Å². The molecule has 0 unspecified atom stereocenters. The van der Waals surface area contributed by atoms with Crippen LogP contribution in [0.5, 0.6) is 0 Å². The van der Waals surface area contributed by atoms with Crippen molar-refractivity contribution in [1.29, 1.82) is 0 Å². The Hall–Kier alpha value is -3.35. The zero-order valence-electron chi connectivity index (χ0n) is 14.8. The van der Waals surface area contributed by atoms with Crippen molar-refractivity contribution < 1.29 is 4.79 Å². The molecule has 130 valence electrons. The summed E-state index contributed by atoms with van der Waals surface area (Å²) in [6.07, 6.45) is 7.02. The van der Waals surface area contributed by atoms with Crippen molar-refractivity contribution in [2.45, 2.75) is 13.3 Å². The van der Waals surface area contributed by atoms with E-state index in [2.05, 4.69) is 20.1 Å². The molecule has 3 aromatic heterocycles. The Labute approximate surface area is 150 Å². The van der Waals surface area contributed by atoms with Gasteiger partial charge in [-0.1, -0.05) is 12.1 Å². The summed E-state index contributed by atoms with van der Waals surface area (Å²) in [4.78, 5) is 25.6. The van der Waals surface area contributed by atoms with E-state index in [4.69, 9.17) is 0 Å². The molecule has 4 aromatic rings. The number of carbonyl (C=O) groups is 1. The molecule has 4 rings (SSSR count). The average Bonchev–Trinajstić information content (AvgIpc) is 3.21. The van der Waals surface area contributed by atoms with Crippen molar-refractivity contribution >= 4 is 16.7 Å². The molecule has 7 nitrogen and oxygen atoms in total. The molecule has 0 aliphatic rings. The van der Waals surface area contributed by atoms with Gasteiger partial charge in [-0.05, 0) is 13.0 Å². The highest BCUT2D eigenvalue weighted by Crippen LogP contribution is 2.23. The standard InChI is InChI=1S/C19H18N6O/c1-12-20-10-17(25(12)3)13-4-5-14-8-21-19(23-16(14)6-13)7-18(26)15-9-22-24(2)11-15/h4-6,8-11H,7H2,1-3H3. The number of fused-ring (bicyclic) bond motifs is 1. The van der Waals surface area contributed by atoms with Gasteiger partial charge in [-0.25, -0.2) is 15.0 Å². The fraction of sp³-hybridized carbons (Fsp3) is 0.211. The lowest BCUT2D eigenvalue weighted by Crippen LogP contribution is -2.06. The van der Waals surface area contributed by atoms with E-state index in [0.29, 0.717) is 11.4 Å². The van der Waals surface area contributed by atoms with Crippen LogP contribution in [0, 0.1) is 6.92 Å². The quantitative estimate of drug-likeness (QED) is 0.531. The molecule has 26 heavy (non-hydrogen) atoms. The van der Waals surface area contributed by atoms with Crippen LogP contribution >= 0.6 is 0 Å². The van der Waals surface area contributed by atoms with Crippen molar-refractivity contribution in [2.24, 2.45) is 14.1 Å². The van der Waals surface area contributed by atoms with E-state index >= 15 is 0 Å². The van der Waals surface area contributed by atoms with Crippen LogP contribution in [0.1, 0.15) is 22.0 Å². The second-order valence-corrected chi connectivity index (χ2v) is 6.31. The molecule has 0 atom stereocenters. The molecule has 0 bridgehead atoms. The minimum atomic E-state index is -0.0455. The Morgan fingerprint density at radius 3 is 2.65 bits per heavy atom. The molecule has 1 aromatic carbocycles. The molecular formula is C19H18N6O. The van der Waals surface area contributed by atoms with E-state index in [-0.39, 0.29) is 12.2 Å². The first-order chi connectivity index (χ1) is 12.5. The summed E-state index contributed by atoms with van der Waals surface area (Å²) in [5, 5.41) is 4.97. The number of imidazole rings is 1. The van der Waals surface area contributed by atoms with E-state index in [1.54, 1.807) is 30.3 Å². The molecule has 3 heterocycles. The van der Waals surface area contributed by atoms with Crippen molar-refractivity contribution in [1.82, 2.24) is 29.3 Å². The molecule has 0 fully saturated rings. The fourth-order valence-corrected chi connectivity index (χ4v) is 2.89. The molecule has 0 radical (unpaired) electrons. The Morgan fingerprint density at radius 1 is 1.12 bits per heavy atom. The lowest BCUT2D eigenvalue weighted by Gasteiger charge is -2.06. The Morgan fingerprint density at radius 2 is 1.96 bits per heavy atom. The van der Waals surface area contributed by atoms with Crippen molar-refractivity contribution in [3.05, 3.63) is 60.2 Å². The van der Waals surface area contributed by atoms with Gasteiger partial charge >= 0.3 is 0 Å². The third-order valence-corrected chi connectivity index (χ3v) is 4.49. The van der Waals surface area contributed by atoms with Gasteiger partial charge in [-0.3, -0.25) is 9.48 Å². The van der Waals surface area contributed by atoms with Gasteiger partial charge in [0, 0.05) is 37.4 Å². The smallest absolute Gasteiger partial charge is 0.173 e. The highest BCUT2D eigenvalue weighted by atomic mass is 16.1. The van der Waals surface area contributed by atoms with E-state index in [9.17, 15) is 4.79 Å². The molecule has 0 saturated heterocycles. The Kier molecular flexibility index (Phi) is 3.84. The monoisotopic (exact) mass is 346 g/mol. The number of benzene rings is 1. The van der Waals surface area contributed by atoms with Gasteiger partial charge in [-0.2, -0.15) is 5.10 Å². The minimum Gasteiger partial charge on any atom is -0.331 e. The van der Waals surface area contributed by atoms with Crippen LogP contribution in [0.25, 0.3) is 22.2 Å². The number of ketones is 1. The van der Waals surface area contributed by atoms with Gasteiger partial charge in [0.1, 0.15) is 11.6 Å². The normalized spacial score (nSPS) is 11.2. The van der Waals surface area contributed by atoms with Crippen LogP contribution in [-0.2, 0) is 20.5 Å². The van der Waals surface area contributed by atoms with Crippen LogP contribution in [0.3, 0.4) is 0 Å². The van der Waals surface area contributed by atoms with Crippen LogP contribution in [0.4, 0.5) is 0 Å². The van der Waals surface area contributed by atoms with Crippen LogP contribution < -0.4 is 0 Å². The third-order valence-electron chi connectivity index (χ3n) is 4.49. The van der Waals surface area contributed by atoms with Gasteiger partial charge in [-0.15, -0.1) is 0 Å². The summed E-state index contributed by atoms with van der Waals surface area (Å²) in [6, 6.07) is 6.02. The topological polar surface area (TPSA) is 78.5 Å². The van der Waals surface area contributed by atoms with E-state index in [1.807, 2.05) is 42.9 Å². The maximum atomic E-state index is 12.4. The number of aryl methyl sites for hydroxylation is 2. The molecule has 0 spiro atoms. The summed E-state index contributed by atoms with van der Waals surface area (Å²) in [6.45, 7) is 1.97. The fourth-order valence-electron chi connectivity index (χ4n) is 2.89. The van der Waals surface area contributed by atoms with Gasteiger partial charge < -0.3 is 4.57 Å². The number of carbonyl (C=O) groups excluding carboxylic acids is 1. The van der Waals surface area contributed by atoms with Crippen LogP contribution in [-0.4, -0.2) is 35.1 Å². The van der Waals surface area contributed by atoms with Gasteiger partial charge in [0.2, 0.25) is 0 Å². The number of nitrogens with zero attached hydrogens (tertiary/aromatic N) is 6. The second-order valence-electron chi connectivity index (χ2n) is 6.31. The van der Waals surface area contributed by atoms with Gasteiger partial charge in [0.25, 0.3) is 0 Å². The lowest BCUT2D eigenvalue weighted by molar-refractivity contribution is 0.0991. The number of hydrogen-bond donors (Lipinski definition) is 0. The Balaban J connectivity index is 1.67. The van der Waals surface area contributed by atoms with Gasteiger partial charge in [0.05, 0.1) is 35.6 Å². The lowest BCUT2D eigenvalue weighted by atomic mass is 10.1. The SMILES string of the molecule is Cc1ncc(-c2ccc3cnc(CC(=O)c4cnn(C)c4)nc3c2)n1C. The summed E-state index contributed by atoms with van der Waals surface area (Å²) in [7, 11) is 3.77. The average molecular weight is 346 g/mol. The predicted molar refractivity (Wildman–Crippen MR) is 97.7 cm³/mol. The number of rotatable bonds is 4.